The Kier molecular flexibility index (Phi) is 6.78. The van der Waals surface area contributed by atoms with Crippen molar-refractivity contribution in [1.29, 1.82) is 0 Å². The normalized spacial score (nSPS) is 12.8. The van der Waals surface area contributed by atoms with Crippen LogP contribution in [0.4, 0.5) is 0 Å². The van der Waals surface area contributed by atoms with Crippen molar-refractivity contribution in [3.63, 3.8) is 0 Å². The van der Waals surface area contributed by atoms with E-state index in [2.05, 4.69) is 5.32 Å². The summed E-state index contributed by atoms with van der Waals surface area (Å²) in [4.78, 5) is 23.8. The van der Waals surface area contributed by atoms with E-state index in [0.29, 0.717) is 23.9 Å². The van der Waals surface area contributed by atoms with Gasteiger partial charge in [-0.3, -0.25) is 4.79 Å². The van der Waals surface area contributed by atoms with Crippen LogP contribution in [0.25, 0.3) is 0 Å². The Labute approximate surface area is 168 Å². The molecule has 1 amide bonds. The van der Waals surface area contributed by atoms with Crippen molar-refractivity contribution in [2.45, 2.75) is 19.9 Å². The maximum Gasteiger partial charge on any atom is 0.344 e. The Morgan fingerprint density at radius 1 is 1.00 bits per heavy atom. The lowest BCUT2D eigenvalue weighted by Gasteiger charge is -2.15. The first-order valence-electron chi connectivity index (χ1n) is 9.25. The van der Waals surface area contributed by atoms with E-state index in [1.807, 2.05) is 26.0 Å². The molecule has 0 bridgehead atoms. The van der Waals surface area contributed by atoms with Gasteiger partial charge in [0.2, 0.25) is 6.79 Å². The number of ether oxygens (including phenoxy) is 5. The molecule has 0 saturated carbocycles. The number of hydrogen-bond donors (Lipinski definition) is 1. The Balaban J connectivity index is 1.38. The maximum atomic E-state index is 12.0. The van der Waals surface area contributed by atoms with Gasteiger partial charge in [0.1, 0.15) is 11.5 Å². The fourth-order valence-corrected chi connectivity index (χ4v) is 2.68. The van der Waals surface area contributed by atoms with Gasteiger partial charge in [-0.05, 0) is 55.8 Å². The number of rotatable bonds is 9. The third-order valence-corrected chi connectivity index (χ3v) is 4.13. The van der Waals surface area contributed by atoms with Crippen LogP contribution >= 0.6 is 0 Å². The zero-order valence-corrected chi connectivity index (χ0v) is 16.3. The van der Waals surface area contributed by atoms with Crippen molar-refractivity contribution in [2.75, 3.05) is 26.6 Å². The lowest BCUT2D eigenvalue weighted by atomic mass is 10.1. The van der Waals surface area contributed by atoms with Crippen LogP contribution in [-0.4, -0.2) is 38.5 Å². The van der Waals surface area contributed by atoms with Crippen LogP contribution < -0.4 is 24.3 Å². The molecule has 0 radical (unpaired) electrons. The molecular formula is C21H23NO7. The minimum atomic E-state index is -0.634. The highest BCUT2D eigenvalue weighted by atomic mass is 16.7. The molecule has 2 aromatic rings. The van der Waals surface area contributed by atoms with Crippen molar-refractivity contribution in [3.05, 3.63) is 48.0 Å². The average molecular weight is 401 g/mol. The van der Waals surface area contributed by atoms with E-state index in [4.69, 9.17) is 23.7 Å². The summed E-state index contributed by atoms with van der Waals surface area (Å²) in [5.74, 6) is 1.49. The largest absolute Gasteiger partial charge is 0.494 e. The van der Waals surface area contributed by atoms with Gasteiger partial charge >= 0.3 is 5.97 Å². The Bertz CT molecular complexity index is 851. The average Bonchev–Trinajstić information content (AvgIpc) is 3.20. The number of hydrogen-bond acceptors (Lipinski definition) is 7. The molecule has 8 nitrogen and oxygen atoms in total. The van der Waals surface area contributed by atoms with Gasteiger partial charge in [0, 0.05) is 0 Å². The van der Waals surface area contributed by atoms with Gasteiger partial charge in [0.15, 0.2) is 24.7 Å². The van der Waals surface area contributed by atoms with E-state index in [9.17, 15) is 9.59 Å². The Morgan fingerprint density at radius 2 is 1.69 bits per heavy atom. The van der Waals surface area contributed by atoms with Crippen LogP contribution in [0.2, 0.25) is 0 Å². The lowest BCUT2D eigenvalue weighted by molar-refractivity contribution is -0.150. The SMILES string of the molecule is CCOc1ccc(OCC(=O)OCC(=O)N[C@@H](C)c2ccc3c(c2)OCO3)cc1. The topological polar surface area (TPSA) is 92.3 Å². The lowest BCUT2D eigenvalue weighted by Crippen LogP contribution is -2.31. The highest BCUT2D eigenvalue weighted by Gasteiger charge is 2.17. The summed E-state index contributed by atoms with van der Waals surface area (Å²) in [5, 5.41) is 2.77. The summed E-state index contributed by atoms with van der Waals surface area (Å²) in [6.45, 7) is 3.80. The fraction of sp³-hybridized carbons (Fsp3) is 0.333. The van der Waals surface area contributed by atoms with E-state index in [-0.39, 0.29) is 26.0 Å². The first-order valence-corrected chi connectivity index (χ1v) is 9.25. The second kappa shape index (κ2) is 9.68. The number of fused-ring (bicyclic) bond motifs is 1. The molecule has 0 fully saturated rings. The Morgan fingerprint density at radius 3 is 2.41 bits per heavy atom. The van der Waals surface area contributed by atoms with E-state index >= 15 is 0 Å². The molecular weight excluding hydrogens is 378 g/mol. The van der Waals surface area contributed by atoms with Crippen LogP contribution in [0.1, 0.15) is 25.5 Å². The molecule has 0 spiro atoms. The molecule has 1 atom stereocenters. The van der Waals surface area contributed by atoms with Crippen LogP contribution in [0, 0.1) is 0 Å². The second-order valence-electron chi connectivity index (χ2n) is 6.26. The van der Waals surface area contributed by atoms with Gasteiger partial charge in [0.05, 0.1) is 12.6 Å². The third kappa shape index (κ3) is 5.78. The molecule has 0 saturated heterocycles. The van der Waals surface area contributed by atoms with Crippen LogP contribution in [0.3, 0.4) is 0 Å². The third-order valence-electron chi connectivity index (χ3n) is 4.13. The minimum Gasteiger partial charge on any atom is -0.494 e. The smallest absolute Gasteiger partial charge is 0.344 e. The van der Waals surface area contributed by atoms with Crippen molar-refractivity contribution in [2.24, 2.45) is 0 Å². The van der Waals surface area contributed by atoms with Crippen LogP contribution in [0.5, 0.6) is 23.0 Å². The fourth-order valence-electron chi connectivity index (χ4n) is 2.68. The summed E-state index contributed by atoms with van der Waals surface area (Å²) >= 11 is 0. The molecule has 154 valence electrons. The standard InChI is InChI=1S/C21H23NO7/c1-3-25-16-5-7-17(8-6-16)26-12-21(24)27-11-20(23)22-14(2)15-4-9-18-19(10-15)29-13-28-18/h4-10,14H,3,11-13H2,1-2H3,(H,22,23)/t14-/m0/s1. The van der Waals surface area contributed by atoms with Gasteiger partial charge in [-0.25, -0.2) is 4.79 Å². The zero-order valence-electron chi connectivity index (χ0n) is 16.3. The molecule has 3 rings (SSSR count). The highest BCUT2D eigenvalue weighted by molar-refractivity contribution is 5.81. The van der Waals surface area contributed by atoms with E-state index < -0.39 is 11.9 Å². The summed E-state index contributed by atoms with van der Waals surface area (Å²) in [6.07, 6.45) is 0. The quantitative estimate of drug-likeness (QED) is 0.646. The number of esters is 1. The zero-order chi connectivity index (χ0) is 20.6. The van der Waals surface area contributed by atoms with E-state index in [0.717, 1.165) is 11.3 Å². The first kappa shape index (κ1) is 20.3. The van der Waals surface area contributed by atoms with Crippen molar-refractivity contribution in [1.82, 2.24) is 5.32 Å². The van der Waals surface area contributed by atoms with Crippen molar-refractivity contribution in [3.8, 4) is 23.0 Å². The molecule has 1 aliphatic heterocycles. The van der Waals surface area contributed by atoms with Crippen molar-refractivity contribution >= 4 is 11.9 Å². The molecule has 1 N–H and O–H groups in total. The van der Waals surface area contributed by atoms with E-state index in [1.165, 1.54) is 0 Å². The first-order chi connectivity index (χ1) is 14.0. The molecule has 1 heterocycles. The molecule has 29 heavy (non-hydrogen) atoms. The minimum absolute atomic E-state index is 0.189. The van der Waals surface area contributed by atoms with Crippen LogP contribution in [-0.2, 0) is 14.3 Å². The van der Waals surface area contributed by atoms with Gasteiger partial charge in [-0.1, -0.05) is 6.07 Å². The van der Waals surface area contributed by atoms with Gasteiger partial charge in [0.25, 0.3) is 5.91 Å². The molecule has 0 aromatic heterocycles. The second-order valence-corrected chi connectivity index (χ2v) is 6.26. The maximum absolute atomic E-state index is 12.0. The van der Waals surface area contributed by atoms with Gasteiger partial charge in [-0.2, -0.15) is 0 Å². The Hall–Kier alpha value is -3.42. The van der Waals surface area contributed by atoms with E-state index in [1.54, 1.807) is 30.3 Å². The predicted octanol–water partition coefficient (Wildman–Crippen LogP) is 2.61. The molecule has 2 aromatic carbocycles. The van der Waals surface area contributed by atoms with Gasteiger partial charge in [-0.15, -0.1) is 0 Å². The van der Waals surface area contributed by atoms with Crippen molar-refractivity contribution < 1.29 is 33.3 Å². The highest BCUT2D eigenvalue weighted by Crippen LogP contribution is 2.34. The number of carbonyl (C=O) groups excluding carboxylic acids is 2. The molecule has 0 unspecified atom stereocenters. The number of amides is 1. The molecule has 0 aliphatic carbocycles. The summed E-state index contributed by atoms with van der Waals surface area (Å²) in [5.41, 5.74) is 0.854. The monoisotopic (exact) mass is 401 g/mol. The summed E-state index contributed by atoms with van der Waals surface area (Å²) in [6, 6.07) is 12.0. The molecule has 8 heteroatoms. The number of benzene rings is 2. The number of nitrogens with one attached hydrogen (secondary N) is 1. The summed E-state index contributed by atoms with van der Waals surface area (Å²) < 4.78 is 26.2. The predicted molar refractivity (Wildman–Crippen MR) is 103 cm³/mol. The number of carbonyl (C=O) groups is 2. The molecule has 1 aliphatic rings. The van der Waals surface area contributed by atoms with Crippen LogP contribution in [0.15, 0.2) is 42.5 Å². The summed E-state index contributed by atoms with van der Waals surface area (Å²) in [7, 11) is 0. The van der Waals surface area contributed by atoms with Gasteiger partial charge < -0.3 is 29.0 Å².